The Morgan fingerprint density at radius 1 is 1.19 bits per heavy atom. The molecule has 0 amide bonds. The Morgan fingerprint density at radius 3 is 2.29 bits per heavy atom. The van der Waals surface area contributed by atoms with Crippen LogP contribution in [0.1, 0.15) is 50.0 Å². The van der Waals surface area contributed by atoms with E-state index >= 15 is 0 Å². The first-order valence-electron chi connectivity index (χ1n) is 6.96. The summed E-state index contributed by atoms with van der Waals surface area (Å²) in [7, 11) is 0. The third-order valence-electron chi connectivity index (χ3n) is 3.16. The molecule has 0 aliphatic rings. The van der Waals surface area contributed by atoms with Crippen molar-refractivity contribution in [2.75, 3.05) is 6.54 Å². The number of hydrogen-bond donors (Lipinski definition) is 1. The summed E-state index contributed by atoms with van der Waals surface area (Å²) in [4.78, 5) is 4.65. The van der Waals surface area contributed by atoms with Gasteiger partial charge in [-0.15, -0.1) is 11.3 Å². The average molecular weight is 310 g/mol. The van der Waals surface area contributed by atoms with Crippen LogP contribution in [0.25, 0.3) is 0 Å². The average Bonchev–Trinajstić information content (AvgIpc) is 2.83. The summed E-state index contributed by atoms with van der Waals surface area (Å²) in [6, 6.07) is 3.30. The molecule has 21 heavy (non-hydrogen) atoms. The van der Waals surface area contributed by atoms with Crippen LogP contribution in [0, 0.1) is 11.6 Å². The SMILES string of the molecule is CCNC(c1cc(F)cc(F)c1)c1nc(C(C)(C)C)cs1. The van der Waals surface area contributed by atoms with Gasteiger partial charge in [0.1, 0.15) is 16.6 Å². The van der Waals surface area contributed by atoms with Crippen molar-refractivity contribution in [2.24, 2.45) is 0 Å². The second-order valence-corrected chi connectivity index (χ2v) is 6.90. The van der Waals surface area contributed by atoms with Crippen molar-refractivity contribution in [3.8, 4) is 0 Å². The highest BCUT2D eigenvalue weighted by Crippen LogP contribution is 2.30. The largest absolute Gasteiger partial charge is 0.305 e. The van der Waals surface area contributed by atoms with Crippen LogP contribution in [0.15, 0.2) is 23.6 Å². The standard InChI is InChI=1S/C16H20F2N2S/c1-5-19-14(10-6-11(17)8-12(18)7-10)15-20-13(9-21-15)16(2,3)4/h6-9,14,19H,5H2,1-4H3. The molecule has 1 unspecified atom stereocenters. The van der Waals surface area contributed by atoms with Gasteiger partial charge in [-0.3, -0.25) is 0 Å². The van der Waals surface area contributed by atoms with Crippen LogP contribution >= 0.6 is 11.3 Å². The van der Waals surface area contributed by atoms with Crippen LogP contribution in [0.5, 0.6) is 0 Å². The molecule has 114 valence electrons. The number of rotatable bonds is 4. The molecule has 0 spiro atoms. The van der Waals surface area contributed by atoms with Gasteiger partial charge in [0.05, 0.1) is 11.7 Å². The zero-order chi connectivity index (χ0) is 15.6. The van der Waals surface area contributed by atoms with Gasteiger partial charge in [-0.2, -0.15) is 0 Å². The maximum absolute atomic E-state index is 13.5. The topological polar surface area (TPSA) is 24.9 Å². The molecular weight excluding hydrogens is 290 g/mol. The van der Waals surface area contributed by atoms with Crippen LogP contribution in [-0.4, -0.2) is 11.5 Å². The summed E-state index contributed by atoms with van der Waals surface area (Å²) in [5.41, 5.74) is 1.50. The molecular formula is C16H20F2N2S. The van der Waals surface area contributed by atoms with Gasteiger partial charge in [-0.05, 0) is 24.2 Å². The van der Waals surface area contributed by atoms with Gasteiger partial charge in [-0.25, -0.2) is 13.8 Å². The van der Waals surface area contributed by atoms with Crippen LogP contribution in [-0.2, 0) is 5.41 Å². The second-order valence-electron chi connectivity index (χ2n) is 6.01. The molecule has 0 saturated carbocycles. The van der Waals surface area contributed by atoms with Gasteiger partial charge in [-0.1, -0.05) is 27.7 Å². The van der Waals surface area contributed by atoms with Crippen molar-refractivity contribution in [1.29, 1.82) is 0 Å². The molecule has 1 N–H and O–H groups in total. The van der Waals surface area contributed by atoms with E-state index in [0.717, 1.165) is 16.8 Å². The number of nitrogens with one attached hydrogen (secondary N) is 1. The van der Waals surface area contributed by atoms with Crippen molar-refractivity contribution in [2.45, 2.75) is 39.2 Å². The third-order valence-corrected chi connectivity index (χ3v) is 4.07. The summed E-state index contributed by atoms with van der Waals surface area (Å²) in [6.45, 7) is 8.93. The van der Waals surface area contributed by atoms with Gasteiger partial charge in [0.2, 0.25) is 0 Å². The van der Waals surface area contributed by atoms with Gasteiger partial charge in [0.25, 0.3) is 0 Å². The first-order chi connectivity index (χ1) is 9.81. The molecule has 0 radical (unpaired) electrons. The van der Waals surface area contributed by atoms with Crippen LogP contribution in [0.2, 0.25) is 0 Å². The minimum absolute atomic E-state index is 0.0430. The maximum atomic E-state index is 13.5. The Bertz CT molecular complexity index is 597. The number of halogens is 2. The zero-order valence-electron chi connectivity index (χ0n) is 12.7. The first kappa shape index (κ1) is 16.0. The van der Waals surface area contributed by atoms with E-state index in [1.807, 2.05) is 12.3 Å². The van der Waals surface area contributed by atoms with Crippen molar-refractivity contribution in [1.82, 2.24) is 10.3 Å². The fourth-order valence-electron chi connectivity index (χ4n) is 2.06. The lowest BCUT2D eigenvalue weighted by atomic mass is 9.93. The van der Waals surface area contributed by atoms with Gasteiger partial charge >= 0.3 is 0 Å². The number of thiazole rings is 1. The van der Waals surface area contributed by atoms with Crippen molar-refractivity contribution < 1.29 is 8.78 Å². The Balaban J connectivity index is 2.41. The zero-order valence-corrected chi connectivity index (χ0v) is 13.5. The van der Waals surface area contributed by atoms with Crippen LogP contribution in [0.3, 0.4) is 0 Å². The molecule has 1 aromatic carbocycles. The predicted molar refractivity (Wildman–Crippen MR) is 82.7 cm³/mol. The quantitative estimate of drug-likeness (QED) is 0.904. The van der Waals surface area contributed by atoms with E-state index in [2.05, 4.69) is 31.1 Å². The smallest absolute Gasteiger partial charge is 0.126 e. The molecule has 0 aliphatic heterocycles. The van der Waals surface area contributed by atoms with E-state index in [0.29, 0.717) is 12.1 Å². The van der Waals surface area contributed by atoms with Gasteiger partial charge < -0.3 is 5.32 Å². The van der Waals surface area contributed by atoms with E-state index in [-0.39, 0.29) is 11.5 Å². The lowest BCUT2D eigenvalue weighted by Crippen LogP contribution is -2.22. The Labute approximate surface area is 128 Å². The third kappa shape index (κ3) is 3.86. The van der Waals surface area contributed by atoms with Crippen molar-refractivity contribution in [3.05, 3.63) is 51.5 Å². The fourth-order valence-corrected chi connectivity index (χ4v) is 3.20. The number of aromatic nitrogens is 1. The van der Waals surface area contributed by atoms with E-state index in [1.54, 1.807) is 0 Å². The van der Waals surface area contributed by atoms with Crippen LogP contribution in [0.4, 0.5) is 8.78 Å². The van der Waals surface area contributed by atoms with Crippen LogP contribution < -0.4 is 5.32 Å². The minimum atomic E-state index is -0.569. The molecule has 1 atom stereocenters. The molecule has 0 aliphatic carbocycles. The van der Waals surface area contributed by atoms with E-state index in [9.17, 15) is 8.78 Å². The summed E-state index contributed by atoms with van der Waals surface area (Å²) in [6.07, 6.45) is 0. The van der Waals surface area contributed by atoms with E-state index in [4.69, 9.17) is 0 Å². The van der Waals surface area contributed by atoms with E-state index < -0.39 is 11.6 Å². The summed E-state index contributed by atoms with van der Waals surface area (Å²) in [5, 5.41) is 6.08. The highest BCUT2D eigenvalue weighted by Gasteiger charge is 2.22. The Morgan fingerprint density at radius 2 is 1.81 bits per heavy atom. The predicted octanol–water partition coefficient (Wildman–Crippen LogP) is 4.42. The monoisotopic (exact) mass is 310 g/mol. The number of benzene rings is 1. The Hall–Kier alpha value is -1.33. The molecule has 5 heteroatoms. The lowest BCUT2D eigenvalue weighted by Gasteiger charge is -2.17. The van der Waals surface area contributed by atoms with E-state index in [1.165, 1.54) is 23.5 Å². The first-order valence-corrected chi connectivity index (χ1v) is 7.84. The summed E-state index contributed by atoms with van der Waals surface area (Å²) >= 11 is 1.51. The lowest BCUT2D eigenvalue weighted by molar-refractivity contribution is 0.553. The van der Waals surface area contributed by atoms with Gasteiger partial charge in [0.15, 0.2) is 0 Å². The molecule has 1 aromatic heterocycles. The molecule has 2 nitrogen and oxygen atoms in total. The van der Waals surface area contributed by atoms with Crippen molar-refractivity contribution >= 4 is 11.3 Å². The fraction of sp³-hybridized carbons (Fsp3) is 0.438. The number of nitrogens with zero attached hydrogens (tertiary/aromatic N) is 1. The molecule has 2 aromatic rings. The molecule has 1 heterocycles. The maximum Gasteiger partial charge on any atom is 0.126 e. The highest BCUT2D eigenvalue weighted by atomic mass is 32.1. The second kappa shape index (κ2) is 6.20. The normalized spacial score (nSPS) is 13.4. The Kier molecular flexibility index (Phi) is 4.74. The summed E-state index contributed by atoms with van der Waals surface area (Å²) < 4.78 is 26.9. The summed E-state index contributed by atoms with van der Waals surface area (Å²) in [5.74, 6) is -1.14. The van der Waals surface area contributed by atoms with Crippen molar-refractivity contribution in [3.63, 3.8) is 0 Å². The molecule has 0 bridgehead atoms. The molecule has 0 fully saturated rings. The molecule has 2 rings (SSSR count). The highest BCUT2D eigenvalue weighted by molar-refractivity contribution is 7.09. The number of hydrogen-bond acceptors (Lipinski definition) is 3. The van der Waals surface area contributed by atoms with Gasteiger partial charge in [0, 0.05) is 16.9 Å². The molecule has 0 saturated heterocycles. The minimum Gasteiger partial charge on any atom is -0.305 e.